The highest BCUT2D eigenvalue weighted by molar-refractivity contribution is 9.11. The summed E-state index contributed by atoms with van der Waals surface area (Å²) in [5.41, 5.74) is -1.42. The first kappa shape index (κ1) is 17.2. The number of halogens is 1. The molecule has 1 N–H and O–H groups in total. The molecule has 8 heteroatoms. The zero-order valence-corrected chi connectivity index (χ0v) is 16.3. The van der Waals surface area contributed by atoms with Crippen LogP contribution in [0.5, 0.6) is 0 Å². The van der Waals surface area contributed by atoms with Crippen molar-refractivity contribution in [3.05, 3.63) is 39.0 Å². The van der Waals surface area contributed by atoms with Crippen LogP contribution >= 0.6 is 27.3 Å². The Hall–Kier alpha value is -1.22. The van der Waals surface area contributed by atoms with Gasteiger partial charge in [-0.2, -0.15) is 0 Å². The minimum Gasteiger partial charge on any atom is -0.379 e. The van der Waals surface area contributed by atoms with E-state index in [0.717, 1.165) is 21.5 Å². The van der Waals surface area contributed by atoms with Crippen LogP contribution in [0.25, 0.3) is 0 Å². The summed E-state index contributed by atoms with van der Waals surface area (Å²) in [7, 11) is 1.88. The molecule has 0 bridgehead atoms. The highest BCUT2D eigenvalue weighted by atomic mass is 79.9. The molecule has 0 aliphatic carbocycles. The minimum atomic E-state index is -1.05. The van der Waals surface area contributed by atoms with E-state index in [9.17, 15) is 9.90 Å². The second-order valence-corrected chi connectivity index (χ2v) is 9.40. The van der Waals surface area contributed by atoms with E-state index in [1.54, 1.807) is 6.20 Å². The number of rotatable bonds is 2. The molecule has 2 aromatic heterocycles. The maximum absolute atomic E-state index is 12.6. The monoisotopic (exact) mass is 425 g/mol. The predicted molar refractivity (Wildman–Crippen MR) is 97.6 cm³/mol. The summed E-state index contributed by atoms with van der Waals surface area (Å²) < 4.78 is 8.87. The largest absolute Gasteiger partial charge is 0.379 e. The Morgan fingerprint density at radius 3 is 2.76 bits per heavy atom. The number of carbonyl (C=O) groups is 1. The van der Waals surface area contributed by atoms with Gasteiger partial charge >= 0.3 is 0 Å². The summed E-state index contributed by atoms with van der Waals surface area (Å²) in [5.74, 6) is 0.717. The van der Waals surface area contributed by atoms with Crippen molar-refractivity contribution in [1.29, 1.82) is 0 Å². The van der Waals surface area contributed by atoms with Gasteiger partial charge in [-0.3, -0.25) is 4.79 Å². The molecular weight excluding hydrogens is 406 g/mol. The number of piperidine rings is 1. The molecule has 25 heavy (non-hydrogen) atoms. The summed E-state index contributed by atoms with van der Waals surface area (Å²) >= 11 is 4.86. The molecule has 4 rings (SSSR count). The van der Waals surface area contributed by atoms with Crippen molar-refractivity contribution < 1.29 is 14.6 Å². The lowest BCUT2D eigenvalue weighted by Gasteiger charge is -2.38. The molecule has 2 aliphatic heterocycles. The quantitative estimate of drug-likeness (QED) is 0.802. The maximum Gasteiger partial charge on any atom is 0.263 e. The lowest BCUT2D eigenvalue weighted by atomic mass is 9.83. The molecule has 2 saturated heterocycles. The number of aryl methyl sites for hydroxylation is 1. The number of aliphatic hydroxyl groups is 1. The van der Waals surface area contributed by atoms with Crippen LogP contribution in [0.2, 0.25) is 0 Å². The van der Waals surface area contributed by atoms with Gasteiger partial charge in [0.25, 0.3) is 5.91 Å². The van der Waals surface area contributed by atoms with Crippen molar-refractivity contribution in [3.8, 4) is 0 Å². The normalized spacial score (nSPS) is 25.6. The minimum absolute atomic E-state index is 0.0721. The van der Waals surface area contributed by atoms with E-state index >= 15 is 0 Å². The van der Waals surface area contributed by atoms with E-state index in [4.69, 9.17) is 4.74 Å². The summed E-state index contributed by atoms with van der Waals surface area (Å²) in [6, 6.07) is 3.75. The molecule has 4 heterocycles. The van der Waals surface area contributed by atoms with Gasteiger partial charge in [0.15, 0.2) is 0 Å². The fraction of sp³-hybridized carbons (Fsp3) is 0.529. The molecule has 0 radical (unpaired) electrons. The highest BCUT2D eigenvalue weighted by Gasteiger charge is 2.52. The number of imidazole rings is 1. The summed E-state index contributed by atoms with van der Waals surface area (Å²) in [6.45, 7) is 1.54. The highest BCUT2D eigenvalue weighted by Crippen LogP contribution is 2.45. The second-order valence-electron chi connectivity index (χ2n) is 6.94. The molecule has 2 aromatic rings. The third-order valence-corrected chi connectivity index (χ3v) is 6.83. The molecule has 0 aromatic carbocycles. The molecule has 6 nitrogen and oxygen atoms in total. The number of amides is 1. The van der Waals surface area contributed by atoms with Gasteiger partial charge in [0.2, 0.25) is 0 Å². The van der Waals surface area contributed by atoms with Gasteiger partial charge in [-0.1, -0.05) is 0 Å². The van der Waals surface area contributed by atoms with Crippen molar-refractivity contribution in [3.63, 3.8) is 0 Å². The number of thiophene rings is 1. The maximum atomic E-state index is 12.6. The first-order valence-electron chi connectivity index (χ1n) is 8.30. The summed E-state index contributed by atoms with van der Waals surface area (Å²) in [5, 5.41) is 11.0. The number of ether oxygens (including phenoxy) is 1. The Morgan fingerprint density at radius 1 is 1.40 bits per heavy atom. The summed E-state index contributed by atoms with van der Waals surface area (Å²) in [4.78, 5) is 19.5. The molecular formula is C17H20BrN3O3S. The standard InChI is InChI=1S/C17H20BrN3O3S/c1-20-9-6-19-15(20)17(23)10-16(24-11-17)4-7-21(8-5-16)14(22)12-2-3-13(18)25-12/h2-3,6,9,23H,4-5,7-8,10-11H2,1H3. The topological polar surface area (TPSA) is 67.6 Å². The van der Waals surface area contributed by atoms with E-state index in [2.05, 4.69) is 20.9 Å². The fourth-order valence-electron chi connectivity index (χ4n) is 3.89. The Bertz CT molecular complexity index is 797. The number of hydrogen-bond acceptors (Lipinski definition) is 5. The van der Waals surface area contributed by atoms with Gasteiger partial charge < -0.3 is 19.3 Å². The number of aromatic nitrogens is 2. The first-order valence-corrected chi connectivity index (χ1v) is 9.91. The van der Waals surface area contributed by atoms with E-state index in [1.807, 2.05) is 34.8 Å². The molecule has 2 aliphatic rings. The molecule has 134 valence electrons. The predicted octanol–water partition coefficient (Wildman–Crippen LogP) is 2.53. The number of nitrogens with zero attached hydrogens (tertiary/aromatic N) is 3. The zero-order valence-electron chi connectivity index (χ0n) is 13.9. The molecule has 1 unspecified atom stereocenters. The Kier molecular flexibility index (Phi) is 4.26. The number of likely N-dealkylation sites (tertiary alicyclic amines) is 1. The van der Waals surface area contributed by atoms with Crippen molar-refractivity contribution in [2.45, 2.75) is 30.5 Å². The lowest BCUT2D eigenvalue weighted by Crippen LogP contribution is -2.47. The third kappa shape index (κ3) is 3.05. The van der Waals surface area contributed by atoms with Crippen LogP contribution in [0, 0.1) is 0 Å². The molecule has 1 amide bonds. The van der Waals surface area contributed by atoms with E-state index < -0.39 is 5.60 Å². The van der Waals surface area contributed by atoms with E-state index in [1.165, 1.54) is 11.3 Å². The van der Waals surface area contributed by atoms with Crippen LogP contribution in [0.15, 0.2) is 28.3 Å². The van der Waals surface area contributed by atoms with Crippen LogP contribution in [0.1, 0.15) is 34.8 Å². The molecule has 1 spiro atoms. The number of carbonyl (C=O) groups excluding carboxylic acids is 1. The smallest absolute Gasteiger partial charge is 0.263 e. The molecule has 2 fully saturated rings. The van der Waals surface area contributed by atoms with E-state index in [-0.39, 0.29) is 18.1 Å². The third-order valence-electron chi connectivity index (χ3n) is 5.22. The Morgan fingerprint density at radius 2 is 2.16 bits per heavy atom. The van der Waals surface area contributed by atoms with Crippen molar-refractivity contribution in [2.75, 3.05) is 19.7 Å². The van der Waals surface area contributed by atoms with Gasteiger partial charge in [0, 0.05) is 39.0 Å². The lowest BCUT2D eigenvalue weighted by molar-refractivity contribution is -0.0437. The van der Waals surface area contributed by atoms with Crippen molar-refractivity contribution in [2.24, 2.45) is 7.05 Å². The van der Waals surface area contributed by atoms with Crippen LogP contribution in [0.4, 0.5) is 0 Å². The van der Waals surface area contributed by atoms with Gasteiger partial charge in [0.1, 0.15) is 11.4 Å². The first-order chi connectivity index (χ1) is 11.9. The van der Waals surface area contributed by atoms with E-state index in [0.29, 0.717) is 25.3 Å². The molecule has 0 saturated carbocycles. The van der Waals surface area contributed by atoms with Gasteiger partial charge in [-0.05, 0) is 40.9 Å². The van der Waals surface area contributed by atoms with Gasteiger partial charge in [-0.25, -0.2) is 4.98 Å². The van der Waals surface area contributed by atoms with Crippen LogP contribution in [-0.2, 0) is 17.4 Å². The van der Waals surface area contributed by atoms with Crippen molar-refractivity contribution in [1.82, 2.24) is 14.5 Å². The second kappa shape index (κ2) is 6.19. The summed E-state index contributed by atoms with van der Waals surface area (Å²) in [6.07, 6.45) is 5.52. The van der Waals surface area contributed by atoms with Crippen molar-refractivity contribution >= 4 is 33.2 Å². The van der Waals surface area contributed by atoms with Crippen LogP contribution < -0.4 is 0 Å². The SMILES string of the molecule is Cn1ccnc1C1(O)COC2(CCN(C(=O)c3ccc(Br)s3)CC2)C1. The fourth-order valence-corrected chi connectivity index (χ4v) is 5.24. The average molecular weight is 426 g/mol. The molecule has 1 atom stereocenters. The van der Waals surface area contributed by atoms with Crippen LogP contribution in [0.3, 0.4) is 0 Å². The average Bonchev–Trinajstić information content (AvgIpc) is 3.29. The van der Waals surface area contributed by atoms with Gasteiger partial charge in [0.05, 0.1) is 20.9 Å². The Balaban J connectivity index is 1.44. The Labute approximate surface area is 158 Å². The number of hydrogen-bond donors (Lipinski definition) is 1. The zero-order chi connectivity index (χ0) is 17.7. The van der Waals surface area contributed by atoms with Crippen LogP contribution in [-0.4, -0.2) is 50.8 Å². The van der Waals surface area contributed by atoms with Gasteiger partial charge in [-0.15, -0.1) is 11.3 Å².